The van der Waals surface area contributed by atoms with E-state index in [1.165, 1.54) is 36.6 Å². The van der Waals surface area contributed by atoms with E-state index in [4.69, 9.17) is 0 Å². The molecule has 5 nitrogen and oxygen atoms in total. The number of halogens is 1. The molecule has 1 saturated heterocycles. The quantitative estimate of drug-likeness (QED) is 0.305. The van der Waals surface area contributed by atoms with Crippen LogP contribution in [0.1, 0.15) is 47.9 Å². The van der Waals surface area contributed by atoms with Gasteiger partial charge in [-0.25, -0.2) is 0 Å². The van der Waals surface area contributed by atoms with Gasteiger partial charge in [-0.05, 0) is 50.6 Å². The summed E-state index contributed by atoms with van der Waals surface area (Å²) in [4.78, 5) is 15.4. The molecule has 31 heavy (non-hydrogen) atoms. The normalized spacial score (nSPS) is 15.7. The predicted octanol–water partition coefficient (Wildman–Crippen LogP) is 5.44. The zero-order valence-corrected chi connectivity index (χ0v) is 20.1. The Hall–Kier alpha value is -1.96. The first-order valence-electron chi connectivity index (χ1n) is 10.7. The average molecular weight is 499 g/mol. The van der Waals surface area contributed by atoms with E-state index in [-0.39, 0.29) is 11.0 Å². The van der Waals surface area contributed by atoms with Gasteiger partial charge in [0.2, 0.25) is 0 Å². The Morgan fingerprint density at radius 1 is 1.00 bits per heavy atom. The summed E-state index contributed by atoms with van der Waals surface area (Å²) >= 11 is 4.92. The van der Waals surface area contributed by atoms with Gasteiger partial charge in [0.15, 0.2) is 10.9 Å². The van der Waals surface area contributed by atoms with Crippen LogP contribution in [-0.2, 0) is 13.1 Å². The lowest BCUT2D eigenvalue weighted by atomic mass is 10.1. The molecule has 0 amide bonds. The van der Waals surface area contributed by atoms with Gasteiger partial charge >= 0.3 is 0 Å². The summed E-state index contributed by atoms with van der Waals surface area (Å²) in [5.74, 6) is 1.07. The molecule has 0 bridgehead atoms. The van der Waals surface area contributed by atoms with E-state index in [0.29, 0.717) is 12.1 Å². The molecule has 162 valence electrons. The van der Waals surface area contributed by atoms with Crippen LogP contribution < -0.4 is 0 Å². The molecular formula is C24H27BrN4OS. The van der Waals surface area contributed by atoms with E-state index in [1.54, 1.807) is 0 Å². The molecule has 1 aliphatic rings. The third-order valence-corrected chi connectivity index (χ3v) is 7.18. The number of likely N-dealkylation sites (tertiary alicyclic amines) is 1. The van der Waals surface area contributed by atoms with Gasteiger partial charge in [-0.3, -0.25) is 9.69 Å². The molecule has 2 aromatic carbocycles. The highest BCUT2D eigenvalue weighted by atomic mass is 79.9. The van der Waals surface area contributed by atoms with Gasteiger partial charge in [0.1, 0.15) is 5.82 Å². The molecule has 1 unspecified atom stereocenters. The van der Waals surface area contributed by atoms with Gasteiger partial charge < -0.3 is 4.57 Å². The molecular weight excluding hydrogens is 472 g/mol. The van der Waals surface area contributed by atoms with E-state index < -0.39 is 0 Å². The molecule has 1 aromatic heterocycles. The van der Waals surface area contributed by atoms with Crippen molar-refractivity contribution in [1.82, 2.24) is 19.7 Å². The highest BCUT2D eigenvalue weighted by molar-refractivity contribution is 9.10. The van der Waals surface area contributed by atoms with Crippen LogP contribution >= 0.6 is 27.7 Å². The molecule has 2 heterocycles. The highest BCUT2D eigenvalue weighted by Crippen LogP contribution is 2.27. The van der Waals surface area contributed by atoms with Crippen LogP contribution in [0, 0.1) is 0 Å². The fraction of sp³-hybridized carbons (Fsp3) is 0.375. The molecule has 1 atom stereocenters. The lowest BCUT2D eigenvalue weighted by Crippen LogP contribution is -2.30. The van der Waals surface area contributed by atoms with Crippen molar-refractivity contribution in [3.05, 3.63) is 76.0 Å². The maximum Gasteiger partial charge on any atom is 0.192 e. The third-order valence-electron chi connectivity index (χ3n) is 5.57. The second-order valence-corrected chi connectivity index (χ2v) is 10.2. The Morgan fingerprint density at radius 2 is 1.71 bits per heavy atom. The Labute approximate surface area is 196 Å². The van der Waals surface area contributed by atoms with Gasteiger partial charge in [-0.15, -0.1) is 10.2 Å². The van der Waals surface area contributed by atoms with Crippen LogP contribution in [0.5, 0.6) is 0 Å². The lowest BCUT2D eigenvalue weighted by molar-refractivity contribution is 0.0994. The summed E-state index contributed by atoms with van der Waals surface area (Å²) < 4.78 is 3.15. The Morgan fingerprint density at radius 3 is 2.42 bits per heavy atom. The van der Waals surface area contributed by atoms with Crippen molar-refractivity contribution < 1.29 is 4.79 Å². The number of hydrogen-bond acceptors (Lipinski definition) is 5. The van der Waals surface area contributed by atoms with Gasteiger partial charge in [-0.2, -0.15) is 0 Å². The molecule has 0 saturated carbocycles. The van der Waals surface area contributed by atoms with E-state index >= 15 is 0 Å². The topological polar surface area (TPSA) is 51.0 Å². The van der Waals surface area contributed by atoms with E-state index in [1.807, 2.05) is 37.3 Å². The monoisotopic (exact) mass is 498 g/mol. The number of piperidine rings is 1. The number of rotatable bonds is 8. The number of Topliss-reactive ketones (excluding diaryl/α,β-unsaturated/α-hetero) is 1. The van der Waals surface area contributed by atoms with Gasteiger partial charge in [0, 0.05) is 10.0 Å². The van der Waals surface area contributed by atoms with E-state index in [2.05, 4.69) is 59.9 Å². The first-order chi connectivity index (χ1) is 15.1. The van der Waals surface area contributed by atoms with Crippen molar-refractivity contribution in [1.29, 1.82) is 0 Å². The van der Waals surface area contributed by atoms with Crippen molar-refractivity contribution >= 4 is 33.5 Å². The van der Waals surface area contributed by atoms with Crippen LogP contribution in [0.4, 0.5) is 0 Å². The van der Waals surface area contributed by atoms with E-state index in [9.17, 15) is 4.79 Å². The first kappa shape index (κ1) is 22.2. The standard InChI is InChI=1S/C24H27BrN4OS/c1-18(23(30)20-10-12-21(25)13-11-20)31-24-27-26-22(17-28-14-6-3-7-15-28)29(24)16-19-8-4-2-5-9-19/h2,4-5,8-13,18H,3,6-7,14-17H2,1H3. The second kappa shape index (κ2) is 10.6. The van der Waals surface area contributed by atoms with Crippen molar-refractivity contribution in [2.24, 2.45) is 0 Å². The van der Waals surface area contributed by atoms with Gasteiger partial charge in [-0.1, -0.05) is 76.6 Å². The Balaban J connectivity index is 1.55. The fourth-order valence-electron chi connectivity index (χ4n) is 3.83. The number of nitrogens with zero attached hydrogens (tertiary/aromatic N) is 4. The molecule has 1 fully saturated rings. The van der Waals surface area contributed by atoms with E-state index in [0.717, 1.165) is 35.1 Å². The molecule has 4 rings (SSSR count). The summed E-state index contributed by atoms with van der Waals surface area (Å²) in [6, 6.07) is 17.9. The average Bonchev–Trinajstić information content (AvgIpc) is 3.16. The van der Waals surface area contributed by atoms with Crippen molar-refractivity contribution in [2.45, 2.75) is 49.7 Å². The van der Waals surface area contributed by atoms with Gasteiger partial charge in [0.25, 0.3) is 0 Å². The molecule has 0 N–H and O–H groups in total. The maximum absolute atomic E-state index is 13.0. The lowest BCUT2D eigenvalue weighted by Gasteiger charge is -2.26. The number of ketones is 1. The molecule has 7 heteroatoms. The second-order valence-electron chi connectivity index (χ2n) is 7.94. The van der Waals surface area contributed by atoms with Crippen LogP contribution in [0.2, 0.25) is 0 Å². The zero-order chi connectivity index (χ0) is 21.6. The third kappa shape index (κ3) is 5.84. The van der Waals surface area contributed by atoms with Gasteiger partial charge in [0.05, 0.1) is 18.3 Å². The number of hydrogen-bond donors (Lipinski definition) is 0. The fourth-order valence-corrected chi connectivity index (χ4v) is 5.03. The predicted molar refractivity (Wildman–Crippen MR) is 128 cm³/mol. The van der Waals surface area contributed by atoms with Crippen LogP contribution in [0.25, 0.3) is 0 Å². The Kier molecular flexibility index (Phi) is 7.58. The molecule has 0 aliphatic carbocycles. The smallest absolute Gasteiger partial charge is 0.192 e. The largest absolute Gasteiger partial charge is 0.300 e. The SMILES string of the molecule is CC(Sc1nnc(CN2CCCCC2)n1Cc1ccccc1)C(=O)c1ccc(Br)cc1. The number of carbonyl (C=O) groups is 1. The Bertz CT molecular complexity index is 1000. The first-order valence-corrected chi connectivity index (χ1v) is 12.4. The zero-order valence-electron chi connectivity index (χ0n) is 17.7. The number of thioether (sulfide) groups is 1. The number of aromatic nitrogens is 3. The van der Waals surface area contributed by atoms with Crippen molar-refractivity contribution in [2.75, 3.05) is 13.1 Å². The minimum atomic E-state index is -0.247. The number of carbonyl (C=O) groups excluding carboxylic acids is 1. The maximum atomic E-state index is 13.0. The minimum absolute atomic E-state index is 0.101. The summed E-state index contributed by atoms with van der Waals surface area (Å²) in [6.07, 6.45) is 3.80. The molecule has 3 aromatic rings. The highest BCUT2D eigenvalue weighted by Gasteiger charge is 2.23. The van der Waals surface area contributed by atoms with Crippen LogP contribution in [0.15, 0.2) is 64.2 Å². The van der Waals surface area contributed by atoms with Crippen LogP contribution in [0.3, 0.4) is 0 Å². The van der Waals surface area contributed by atoms with Crippen LogP contribution in [-0.4, -0.2) is 43.8 Å². The minimum Gasteiger partial charge on any atom is -0.300 e. The summed E-state index contributed by atoms with van der Waals surface area (Å²) in [7, 11) is 0. The van der Waals surface area contributed by atoms with Crippen molar-refractivity contribution in [3.8, 4) is 0 Å². The van der Waals surface area contributed by atoms with Crippen molar-refractivity contribution in [3.63, 3.8) is 0 Å². The summed E-state index contributed by atoms with van der Waals surface area (Å²) in [5.41, 5.74) is 1.92. The molecule has 1 aliphatic heterocycles. The summed E-state index contributed by atoms with van der Waals surface area (Å²) in [6.45, 7) is 5.67. The molecule has 0 spiro atoms. The summed E-state index contributed by atoms with van der Waals surface area (Å²) in [5, 5.41) is 9.59. The number of benzene rings is 2. The molecule has 0 radical (unpaired) electrons.